The summed E-state index contributed by atoms with van der Waals surface area (Å²) in [6, 6.07) is 51.0. The van der Waals surface area contributed by atoms with E-state index in [1.165, 1.54) is 77.2 Å². The molecule has 10 rings (SSSR count). The number of aromatic nitrogens is 3. The van der Waals surface area contributed by atoms with Crippen molar-refractivity contribution in [3.63, 3.8) is 0 Å². The van der Waals surface area contributed by atoms with Crippen molar-refractivity contribution < 1.29 is 0 Å². The molecule has 4 heteroatoms. The van der Waals surface area contributed by atoms with Gasteiger partial charge in [-0.1, -0.05) is 151 Å². The highest BCUT2D eigenvalue weighted by molar-refractivity contribution is 7.21. The van der Waals surface area contributed by atoms with Crippen molar-refractivity contribution >= 4 is 43.2 Å². The van der Waals surface area contributed by atoms with Crippen LogP contribution in [-0.2, 0) is 0 Å². The number of thiazole rings is 1. The van der Waals surface area contributed by atoms with Gasteiger partial charge in [-0.3, -0.25) is 0 Å². The van der Waals surface area contributed by atoms with Crippen LogP contribution >= 0.6 is 11.3 Å². The molecule has 218 valence electrons. The molecule has 0 aliphatic heterocycles. The number of benzene rings is 7. The summed E-state index contributed by atoms with van der Waals surface area (Å²) in [7, 11) is 0. The molecular weight excluding hydrogens is 591 g/mol. The Balaban J connectivity index is 1.23. The molecule has 0 radical (unpaired) electrons. The first-order chi connectivity index (χ1) is 23.3. The minimum Gasteiger partial charge on any atom is -0.242 e. The van der Waals surface area contributed by atoms with Gasteiger partial charge in [-0.2, -0.15) is 0 Å². The summed E-state index contributed by atoms with van der Waals surface area (Å²) in [5.74, 6) is 0. The van der Waals surface area contributed by atoms with Crippen molar-refractivity contribution in [1.29, 1.82) is 0 Å². The molecular formula is C43H25N3S. The van der Waals surface area contributed by atoms with E-state index < -0.39 is 0 Å². The summed E-state index contributed by atoms with van der Waals surface area (Å²) in [6.45, 7) is 0. The van der Waals surface area contributed by atoms with E-state index in [1.807, 2.05) is 0 Å². The highest BCUT2D eigenvalue weighted by Gasteiger charge is 2.31. The molecule has 9 aromatic rings. The molecule has 1 aliphatic rings. The molecule has 1 aliphatic carbocycles. The van der Waals surface area contributed by atoms with Gasteiger partial charge >= 0.3 is 0 Å². The zero-order chi connectivity index (χ0) is 30.9. The molecule has 0 N–H and O–H groups in total. The van der Waals surface area contributed by atoms with Gasteiger partial charge in [0.2, 0.25) is 0 Å². The Kier molecular flexibility index (Phi) is 5.74. The van der Waals surface area contributed by atoms with Crippen molar-refractivity contribution in [2.45, 2.75) is 0 Å². The lowest BCUT2D eigenvalue weighted by Gasteiger charge is -2.20. The lowest BCUT2D eigenvalue weighted by molar-refractivity contribution is 1.22. The highest BCUT2D eigenvalue weighted by atomic mass is 32.1. The third-order valence-corrected chi connectivity index (χ3v) is 10.5. The van der Waals surface area contributed by atoms with Crippen LogP contribution in [0.1, 0.15) is 0 Å². The zero-order valence-corrected chi connectivity index (χ0v) is 26.0. The highest BCUT2D eigenvalue weighted by Crippen LogP contribution is 2.58. The van der Waals surface area contributed by atoms with Crippen molar-refractivity contribution in [2.75, 3.05) is 0 Å². The molecule has 0 saturated carbocycles. The lowest BCUT2D eigenvalue weighted by Crippen LogP contribution is -1.93. The molecule has 7 aromatic carbocycles. The molecule has 0 bridgehead atoms. The first-order valence-electron chi connectivity index (χ1n) is 15.8. The molecule has 2 heterocycles. The second-order valence-corrected chi connectivity index (χ2v) is 13.0. The van der Waals surface area contributed by atoms with Crippen LogP contribution in [0.2, 0.25) is 0 Å². The van der Waals surface area contributed by atoms with Gasteiger partial charge in [0.05, 0.1) is 6.20 Å². The Morgan fingerprint density at radius 3 is 1.66 bits per heavy atom. The number of hydrogen-bond acceptors (Lipinski definition) is 4. The standard InChI is InChI=1S/C43H25N3S/c1-3-10-27(11-4-1)37-32-14-7-8-15-33(32)38(28-12-5-2-6-13-28)41-35-23-22-30(31-16-9-17-34(39(31)35)40(37)41)26-18-20-29(21-19-26)42-46-36-24-44-25-45-43(36)47-42/h1-25H. The van der Waals surface area contributed by atoms with E-state index in [0.717, 1.165) is 20.9 Å². The van der Waals surface area contributed by atoms with Gasteiger partial charge in [0.25, 0.3) is 0 Å². The molecule has 47 heavy (non-hydrogen) atoms. The third kappa shape index (κ3) is 3.95. The Morgan fingerprint density at radius 1 is 0.426 bits per heavy atom. The smallest absolute Gasteiger partial charge is 0.147 e. The number of nitrogens with zero attached hydrogens (tertiary/aromatic N) is 3. The van der Waals surface area contributed by atoms with Gasteiger partial charge in [-0.05, 0) is 77.2 Å². The summed E-state index contributed by atoms with van der Waals surface area (Å²) in [6.07, 6.45) is 3.35. The summed E-state index contributed by atoms with van der Waals surface area (Å²) in [5.41, 5.74) is 14.6. The van der Waals surface area contributed by atoms with Crippen molar-refractivity contribution in [2.24, 2.45) is 0 Å². The Bertz CT molecular complexity index is 2530. The topological polar surface area (TPSA) is 38.7 Å². The van der Waals surface area contributed by atoms with Gasteiger partial charge in [-0.25, -0.2) is 15.0 Å². The fraction of sp³-hybridized carbons (Fsp3) is 0. The van der Waals surface area contributed by atoms with E-state index in [2.05, 4.69) is 149 Å². The molecule has 0 saturated heterocycles. The van der Waals surface area contributed by atoms with Crippen molar-refractivity contribution in [3.8, 4) is 66.2 Å². The number of rotatable bonds is 4. The predicted octanol–water partition coefficient (Wildman–Crippen LogP) is 11.7. The predicted molar refractivity (Wildman–Crippen MR) is 196 cm³/mol. The first-order valence-corrected chi connectivity index (χ1v) is 16.6. The van der Waals surface area contributed by atoms with E-state index in [4.69, 9.17) is 4.98 Å². The van der Waals surface area contributed by atoms with Crippen LogP contribution in [0.5, 0.6) is 0 Å². The SMILES string of the molecule is c1ccc(-c2c3c(c(-c4ccccc4)c4ccccc24)-c2ccc(-c4ccc(-c5nc6cncnc6s5)cc4)c4cccc-3c24)cc1. The van der Waals surface area contributed by atoms with Crippen LogP contribution in [-0.4, -0.2) is 15.0 Å². The fourth-order valence-electron chi connectivity index (χ4n) is 7.47. The Hall–Kier alpha value is -5.97. The largest absolute Gasteiger partial charge is 0.242 e. The van der Waals surface area contributed by atoms with Crippen LogP contribution in [0, 0.1) is 0 Å². The van der Waals surface area contributed by atoms with Crippen LogP contribution < -0.4 is 0 Å². The molecule has 0 fully saturated rings. The summed E-state index contributed by atoms with van der Waals surface area (Å²) >= 11 is 1.60. The van der Waals surface area contributed by atoms with Crippen molar-refractivity contribution in [1.82, 2.24) is 15.0 Å². The zero-order valence-electron chi connectivity index (χ0n) is 25.2. The van der Waals surface area contributed by atoms with E-state index in [9.17, 15) is 0 Å². The van der Waals surface area contributed by atoms with Gasteiger partial charge in [0.1, 0.15) is 21.7 Å². The number of fused-ring (bicyclic) bond motifs is 5. The van der Waals surface area contributed by atoms with Gasteiger partial charge in [0.15, 0.2) is 0 Å². The molecule has 0 spiro atoms. The van der Waals surface area contributed by atoms with E-state index in [-0.39, 0.29) is 0 Å². The van der Waals surface area contributed by atoms with Crippen LogP contribution in [0.15, 0.2) is 152 Å². The van der Waals surface area contributed by atoms with Crippen LogP contribution in [0.25, 0.3) is 98.1 Å². The lowest BCUT2D eigenvalue weighted by atomic mass is 9.82. The van der Waals surface area contributed by atoms with Crippen LogP contribution in [0.4, 0.5) is 0 Å². The minimum atomic E-state index is 0.834. The van der Waals surface area contributed by atoms with Gasteiger partial charge in [0, 0.05) is 5.56 Å². The maximum Gasteiger partial charge on any atom is 0.147 e. The maximum atomic E-state index is 4.77. The average Bonchev–Trinajstić information content (AvgIpc) is 3.72. The monoisotopic (exact) mass is 615 g/mol. The first kappa shape index (κ1) is 26.3. The molecule has 2 aromatic heterocycles. The normalized spacial score (nSPS) is 11.8. The Labute approximate surface area is 275 Å². The number of hydrogen-bond donors (Lipinski definition) is 0. The van der Waals surface area contributed by atoms with Gasteiger partial charge < -0.3 is 0 Å². The van der Waals surface area contributed by atoms with Gasteiger partial charge in [-0.15, -0.1) is 0 Å². The summed E-state index contributed by atoms with van der Waals surface area (Å²) in [4.78, 5) is 14.2. The third-order valence-electron chi connectivity index (χ3n) is 9.44. The van der Waals surface area contributed by atoms with E-state index in [1.54, 1.807) is 23.9 Å². The maximum absolute atomic E-state index is 4.77. The molecule has 3 nitrogen and oxygen atoms in total. The van der Waals surface area contributed by atoms with Crippen LogP contribution in [0.3, 0.4) is 0 Å². The molecule has 0 amide bonds. The second-order valence-electron chi connectivity index (χ2n) is 12.0. The second kappa shape index (κ2) is 10.3. The Morgan fingerprint density at radius 2 is 1.00 bits per heavy atom. The van der Waals surface area contributed by atoms with Crippen molar-refractivity contribution in [3.05, 3.63) is 152 Å². The van der Waals surface area contributed by atoms with E-state index in [0.29, 0.717) is 0 Å². The quantitative estimate of drug-likeness (QED) is 0.198. The average molecular weight is 616 g/mol. The molecule has 0 atom stereocenters. The summed E-state index contributed by atoms with van der Waals surface area (Å²) < 4.78 is 0. The van der Waals surface area contributed by atoms with E-state index >= 15 is 0 Å². The summed E-state index contributed by atoms with van der Waals surface area (Å²) in [5, 5.41) is 6.09. The fourth-order valence-corrected chi connectivity index (χ4v) is 8.35. The molecule has 0 unspecified atom stereocenters. The minimum absolute atomic E-state index is 0.834.